The molecule has 0 aliphatic carbocycles. The largest absolute Gasteiger partial charge is 0.493 e. The standard InChI is InChI=1S/C20H25NO4/c1-14-9-10-15(2)19(13-14)24-12-11-21-20(22)16(3)25-18-8-6-5-7-17(18)23-4/h5-10,13,16H,11-12H2,1-4H3,(H,21,22)/t16-/m1/s1. The van der Waals surface area contributed by atoms with Crippen LogP contribution in [0.3, 0.4) is 0 Å². The number of ether oxygens (including phenoxy) is 3. The molecule has 0 aliphatic heterocycles. The summed E-state index contributed by atoms with van der Waals surface area (Å²) < 4.78 is 16.6. The fourth-order valence-corrected chi connectivity index (χ4v) is 2.30. The Hall–Kier alpha value is -2.69. The molecular weight excluding hydrogens is 318 g/mol. The Morgan fingerprint density at radius 2 is 1.80 bits per heavy atom. The van der Waals surface area contributed by atoms with Gasteiger partial charge in [-0.05, 0) is 50.1 Å². The second-order valence-corrected chi connectivity index (χ2v) is 5.82. The van der Waals surface area contributed by atoms with Crippen molar-refractivity contribution in [1.29, 1.82) is 0 Å². The van der Waals surface area contributed by atoms with E-state index in [9.17, 15) is 4.79 Å². The molecule has 0 unspecified atom stereocenters. The van der Waals surface area contributed by atoms with Crippen LogP contribution in [-0.2, 0) is 4.79 Å². The van der Waals surface area contributed by atoms with Crippen molar-refractivity contribution in [3.05, 3.63) is 53.6 Å². The van der Waals surface area contributed by atoms with Gasteiger partial charge in [0.05, 0.1) is 13.7 Å². The van der Waals surface area contributed by atoms with Crippen molar-refractivity contribution in [3.8, 4) is 17.2 Å². The molecule has 25 heavy (non-hydrogen) atoms. The number of aryl methyl sites for hydroxylation is 2. The number of nitrogens with one attached hydrogen (secondary N) is 1. The quantitative estimate of drug-likeness (QED) is 0.748. The number of carbonyl (C=O) groups is 1. The van der Waals surface area contributed by atoms with Crippen LogP contribution in [0.25, 0.3) is 0 Å². The molecule has 0 aliphatic rings. The first-order chi connectivity index (χ1) is 12.0. The SMILES string of the molecule is COc1ccccc1O[C@H](C)C(=O)NCCOc1cc(C)ccc1C. The number of hydrogen-bond donors (Lipinski definition) is 1. The number of carbonyl (C=O) groups excluding carboxylic acids is 1. The van der Waals surface area contributed by atoms with E-state index in [-0.39, 0.29) is 5.91 Å². The molecule has 134 valence electrons. The number of methoxy groups -OCH3 is 1. The van der Waals surface area contributed by atoms with Gasteiger partial charge in [-0.3, -0.25) is 4.79 Å². The van der Waals surface area contributed by atoms with Crippen molar-refractivity contribution in [2.24, 2.45) is 0 Å². The Morgan fingerprint density at radius 3 is 2.52 bits per heavy atom. The summed E-state index contributed by atoms with van der Waals surface area (Å²) in [6, 6.07) is 13.3. The number of para-hydroxylation sites is 2. The van der Waals surface area contributed by atoms with Gasteiger partial charge in [0.2, 0.25) is 0 Å². The average Bonchev–Trinajstić information content (AvgIpc) is 2.61. The van der Waals surface area contributed by atoms with Crippen LogP contribution in [0, 0.1) is 13.8 Å². The van der Waals surface area contributed by atoms with E-state index in [2.05, 4.69) is 5.32 Å². The average molecular weight is 343 g/mol. The van der Waals surface area contributed by atoms with Crippen LogP contribution >= 0.6 is 0 Å². The van der Waals surface area contributed by atoms with Gasteiger partial charge in [0.15, 0.2) is 17.6 Å². The van der Waals surface area contributed by atoms with Crippen LogP contribution in [0.1, 0.15) is 18.1 Å². The van der Waals surface area contributed by atoms with E-state index in [0.29, 0.717) is 24.7 Å². The maximum Gasteiger partial charge on any atom is 0.260 e. The molecule has 2 aromatic carbocycles. The van der Waals surface area contributed by atoms with Gasteiger partial charge in [-0.25, -0.2) is 0 Å². The Kier molecular flexibility index (Phi) is 6.69. The molecule has 1 atom stereocenters. The zero-order valence-electron chi connectivity index (χ0n) is 15.2. The number of hydrogen-bond acceptors (Lipinski definition) is 4. The number of benzene rings is 2. The smallest absolute Gasteiger partial charge is 0.260 e. The Balaban J connectivity index is 1.78. The van der Waals surface area contributed by atoms with E-state index in [4.69, 9.17) is 14.2 Å². The predicted octanol–water partition coefficient (Wildman–Crippen LogP) is 3.27. The molecule has 2 aromatic rings. The summed E-state index contributed by atoms with van der Waals surface area (Å²) in [6.45, 7) is 6.53. The second kappa shape index (κ2) is 8.97. The molecule has 1 N–H and O–H groups in total. The second-order valence-electron chi connectivity index (χ2n) is 5.82. The van der Waals surface area contributed by atoms with Crippen molar-refractivity contribution in [2.75, 3.05) is 20.3 Å². The topological polar surface area (TPSA) is 56.8 Å². The molecular formula is C20H25NO4. The minimum atomic E-state index is -0.628. The predicted molar refractivity (Wildman–Crippen MR) is 97.5 cm³/mol. The zero-order chi connectivity index (χ0) is 18.2. The monoisotopic (exact) mass is 343 g/mol. The number of rotatable bonds is 8. The van der Waals surface area contributed by atoms with Crippen LogP contribution in [0.4, 0.5) is 0 Å². The molecule has 0 heterocycles. The Morgan fingerprint density at radius 1 is 1.08 bits per heavy atom. The van der Waals surface area contributed by atoms with E-state index < -0.39 is 6.10 Å². The van der Waals surface area contributed by atoms with Gasteiger partial charge in [0, 0.05) is 0 Å². The summed E-state index contributed by atoms with van der Waals surface area (Å²) >= 11 is 0. The fourth-order valence-electron chi connectivity index (χ4n) is 2.30. The molecule has 0 fully saturated rings. The molecule has 0 bridgehead atoms. The molecule has 0 aromatic heterocycles. The van der Waals surface area contributed by atoms with Crippen LogP contribution in [-0.4, -0.2) is 32.3 Å². The van der Waals surface area contributed by atoms with Crippen molar-refractivity contribution >= 4 is 5.91 Å². The normalized spacial score (nSPS) is 11.5. The third-order valence-corrected chi connectivity index (χ3v) is 3.74. The maximum atomic E-state index is 12.1. The Bertz CT molecular complexity index is 715. The van der Waals surface area contributed by atoms with Gasteiger partial charge >= 0.3 is 0 Å². The molecule has 0 saturated heterocycles. The minimum Gasteiger partial charge on any atom is -0.493 e. The van der Waals surface area contributed by atoms with Crippen molar-refractivity contribution in [1.82, 2.24) is 5.32 Å². The fraction of sp³-hybridized carbons (Fsp3) is 0.350. The summed E-state index contributed by atoms with van der Waals surface area (Å²) in [6.07, 6.45) is -0.628. The van der Waals surface area contributed by atoms with E-state index in [1.807, 2.05) is 44.2 Å². The van der Waals surface area contributed by atoms with Crippen LogP contribution in [0.2, 0.25) is 0 Å². The molecule has 1 amide bonds. The maximum absolute atomic E-state index is 12.1. The molecule has 2 rings (SSSR count). The highest BCUT2D eigenvalue weighted by molar-refractivity contribution is 5.80. The summed E-state index contributed by atoms with van der Waals surface area (Å²) in [7, 11) is 1.57. The van der Waals surface area contributed by atoms with Crippen LogP contribution in [0.15, 0.2) is 42.5 Å². The zero-order valence-corrected chi connectivity index (χ0v) is 15.2. The molecule has 0 saturated carbocycles. The first-order valence-corrected chi connectivity index (χ1v) is 8.28. The van der Waals surface area contributed by atoms with Crippen LogP contribution < -0.4 is 19.5 Å². The van der Waals surface area contributed by atoms with E-state index in [0.717, 1.165) is 16.9 Å². The Labute approximate surface area is 148 Å². The lowest BCUT2D eigenvalue weighted by atomic mass is 10.1. The van der Waals surface area contributed by atoms with Gasteiger partial charge in [-0.15, -0.1) is 0 Å². The lowest BCUT2D eigenvalue weighted by Crippen LogP contribution is -2.38. The van der Waals surface area contributed by atoms with E-state index in [1.165, 1.54) is 0 Å². The highest BCUT2D eigenvalue weighted by Gasteiger charge is 2.16. The van der Waals surface area contributed by atoms with Gasteiger partial charge in [0.25, 0.3) is 5.91 Å². The highest BCUT2D eigenvalue weighted by atomic mass is 16.5. The lowest BCUT2D eigenvalue weighted by Gasteiger charge is -2.17. The molecule has 5 heteroatoms. The first-order valence-electron chi connectivity index (χ1n) is 8.28. The third-order valence-electron chi connectivity index (χ3n) is 3.74. The van der Waals surface area contributed by atoms with Gasteiger partial charge in [0.1, 0.15) is 12.4 Å². The lowest BCUT2D eigenvalue weighted by molar-refractivity contribution is -0.127. The third kappa shape index (κ3) is 5.41. The summed E-state index contributed by atoms with van der Waals surface area (Å²) in [5, 5.41) is 2.81. The van der Waals surface area contributed by atoms with E-state index >= 15 is 0 Å². The molecule has 5 nitrogen and oxygen atoms in total. The van der Waals surface area contributed by atoms with Gasteiger partial charge in [-0.1, -0.05) is 24.3 Å². The van der Waals surface area contributed by atoms with Gasteiger partial charge < -0.3 is 19.5 Å². The molecule has 0 spiro atoms. The number of amides is 1. The minimum absolute atomic E-state index is 0.199. The van der Waals surface area contributed by atoms with Crippen molar-refractivity contribution in [3.63, 3.8) is 0 Å². The summed E-state index contributed by atoms with van der Waals surface area (Å²) in [4.78, 5) is 12.1. The highest BCUT2D eigenvalue weighted by Crippen LogP contribution is 2.26. The van der Waals surface area contributed by atoms with Gasteiger partial charge in [-0.2, -0.15) is 0 Å². The first kappa shape index (κ1) is 18.6. The van der Waals surface area contributed by atoms with E-state index in [1.54, 1.807) is 26.2 Å². The summed E-state index contributed by atoms with van der Waals surface area (Å²) in [5.41, 5.74) is 2.22. The summed E-state index contributed by atoms with van der Waals surface area (Å²) in [5.74, 6) is 1.78. The van der Waals surface area contributed by atoms with Crippen LogP contribution in [0.5, 0.6) is 17.2 Å². The molecule has 0 radical (unpaired) electrons. The van der Waals surface area contributed by atoms with Crippen molar-refractivity contribution < 1.29 is 19.0 Å². The van der Waals surface area contributed by atoms with Crippen molar-refractivity contribution in [2.45, 2.75) is 26.9 Å².